The predicted octanol–water partition coefficient (Wildman–Crippen LogP) is 4.97. The Kier molecular flexibility index (Phi) is 6.30. The number of furan rings is 1. The van der Waals surface area contributed by atoms with Gasteiger partial charge in [0, 0.05) is 16.3 Å². The molecule has 1 aromatic heterocycles. The van der Waals surface area contributed by atoms with Crippen molar-refractivity contribution in [1.29, 1.82) is 0 Å². The number of thiocarbonyl (C=S) groups is 1. The molecule has 0 unspecified atom stereocenters. The monoisotopic (exact) mass is 433 g/mol. The maximum absolute atomic E-state index is 12.1. The van der Waals surface area contributed by atoms with Crippen molar-refractivity contribution in [3.05, 3.63) is 82.2 Å². The molecule has 2 aromatic carbocycles. The largest absolute Gasteiger partial charge is 0.459 e. The lowest BCUT2D eigenvalue weighted by molar-refractivity contribution is 0.0975. The highest BCUT2D eigenvalue weighted by Crippen LogP contribution is 2.26. The van der Waals surface area contributed by atoms with Gasteiger partial charge >= 0.3 is 0 Å². The van der Waals surface area contributed by atoms with Crippen LogP contribution < -0.4 is 16.0 Å². The van der Waals surface area contributed by atoms with Gasteiger partial charge in [-0.05, 0) is 66.8 Å². The average Bonchev–Trinajstić information content (AvgIpc) is 3.19. The van der Waals surface area contributed by atoms with Crippen molar-refractivity contribution in [1.82, 2.24) is 5.32 Å². The molecule has 6 nitrogen and oxygen atoms in total. The van der Waals surface area contributed by atoms with E-state index in [0.717, 1.165) is 0 Å². The van der Waals surface area contributed by atoms with Crippen LogP contribution in [0.25, 0.3) is 0 Å². The average molecular weight is 434 g/mol. The quantitative estimate of drug-likeness (QED) is 0.506. The van der Waals surface area contributed by atoms with E-state index in [1.807, 2.05) is 0 Å². The number of hydrogen-bond acceptors (Lipinski definition) is 4. The van der Waals surface area contributed by atoms with Crippen molar-refractivity contribution in [2.24, 2.45) is 0 Å². The summed E-state index contributed by atoms with van der Waals surface area (Å²) in [4.78, 5) is 24.2. The molecule has 0 radical (unpaired) electrons. The molecule has 0 spiro atoms. The molecule has 0 fully saturated rings. The van der Waals surface area contributed by atoms with Crippen LogP contribution in [0.5, 0.6) is 0 Å². The van der Waals surface area contributed by atoms with Gasteiger partial charge in [0.2, 0.25) is 0 Å². The van der Waals surface area contributed by atoms with Gasteiger partial charge in [-0.1, -0.05) is 23.2 Å². The summed E-state index contributed by atoms with van der Waals surface area (Å²) in [7, 11) is 0. The van der Waals surface area contributed by atoms with Crippen LogP contribution in [0, 0.1) is 0 Å². The van der Waals surface area contributed by atoms with E-state index < -0.39 is 5.91 Å². The fraction of sp³-hybridized carbons (Fsp3) is 0. The van der Waals surface area contributed by atoms with Crippen LogP contribution >= 0.6 is 35.4 Å². The summed E-state index contributed by atoms with van der Waals surface area (Å²) in [6.45, 7) is 0. The molecule has 1 heterocycles. The third-order valence-corrected chi connectivity index (χ3v) is 4.32. The Hall–Kier alpha value is -2.87. The first kappa shape index (κ1) is 19.9. The zero-order valence-corrected chi connectivity index (χ0v) is 16.5. The molecule has 28 heavy (non-hydrogen) atoms. The lowest BCUT2D eigenvalue weighted by Crippen LogP contribution is -2.34. The van der Waals surface area contributed by atoms with E-state index in [9.17, 15) is 9.59 Å². The van der Waals surface area contributed by atoms with E-state index in [0.29, 0.717) is 22.0 Å². The lowest BCUT2D eigenvalue weighted by Gasteiger charge is -2.12. The van der Waals surface area contributed by atoms with Gasteiger partial charge in [0.25, 0.3) is 11.8 Å². The number of halogens is 2. The normalized spacial score (nSPS) is 10.2. The highest BCUT2D eigenvalue weighted by Gasteiger charge is 2.12. The third-order valence-electron chi connectivity index (χ3n) is 3.55. The minimum absolute atomic E-state index is 0.100. The topological polar surface area (TPSA) is 83.4 Å². The van der Waals surface area contributed by atoms with Crippen LogP contribution in [-0.2, 0) is 0 Å². The second kappa shape index (κ2) is 8.88. The van der Waals surface area contributed by atoms with E-state index in [4.69, 9.17) is 39.8 Å². The standard InChI is InChI=1S/C19H13Cl2N3O3S/c20-12-5-3-11(4-6-12)17(25)24-19(28)22-13-7-8-15(14(21)10-13)23-18(26)16-2-1-9-27-16/h1-10H,(H,23,26)(H2,22,24,25,28). The summed E-state index contributed by atoms with van der Waals surface area (Å²) in [5.74, 6) is -0.620. The maximum atomic E-state index is 12.1. The van der Waals surface area contributed by atoms with Gasteiger partial charge in [-0.25, -0.2) is 0 Å². The van der Waals surface area contributed by atoms with Crippen molar-refractivity contribution in [2.75, 3.05) is 10.6 Å². The van der Waals surface area contributed by atoms with Crippen LogP contribution in [0.2, 0.25) is 10.0 Å². The second-order valence-electron chi connectivity index (χ2n) is 5.54. The number of carbonyl (C=O) groups is 2. The molecule has 0 bridgehead atoms. The number of nitrogens with one attached hydrogen (secondary N) is 3. The van der Waals surface area contributed by atoms with Crippen LogP contribution in [0.1, 0.15) is 20.9 Å². The minimum Gasteiger partial charge on any atom is -0.459 e. The van der Waals surface area contributed by atoms with Gasteiger partial charge in [-0.3, -0.25) is 14.9 Å². The summed E-state index contributed by atoms with van der Waals surface area (Å²) in [5, 5.41) is 8.99. The zero-order valence-electron chi connectivity index (χ0n) is 14.2. The van der Waals surface area contributed by atoms with E-state index >= 15 is 0 Å². The summed E-state index contributed by atoms with van der Waals surface area (Å²) in [5.41, 5.74) is 1.37. The highest BCUT2D eigenvalue weighted by molar-refractivity contribution is 7.80. The predicted molar refractivity (Wildman–Crippen MR) is 113 cm³/mol. The minimum atomic E-state index is -0.418. The summed E-state index contributed by atoms with van der Waals surface area (Å²) in [6, 6.07) is 14.4. The first-order valence-electron chi connectivity index (χ1n) is 7.94. The lowest BCUT2D eigenvalue weighted by atomic mass is 10.2. The Morgan fingerprint density at radius 3 is 2.32 bits per heavy atom. The Morgan fingerprint density at radius 2 is 1.68 bits per heavy atom. The highest BCUT2D eigenvalue weighted by atomic mass is 35.5. The molecule has 0 aliphatic rings. The SMILES string of the molecule is O=C(NC(=S)Nc1ccc(NC(=O)c2ccco2)c(Cl)c1)c1ccc(Cl)cc1. The van der Waals surface area contributed by atoms with E-state index in [-0.39, 0.29) is 21.8 Å². The van der Waals surface area contributed by atoms with Crippen LogP contribution in [0.15, 0.2) is 65.3 Å². The second-order valence-corrected chi connectivity index (χ2v) is 6.79. The third kappa shape index (κ3) is 5.10. The zero-order chi connectivity index (χ0) is 20.1. The van der Waals surface area contributed by atoms with Crippen molar-refractivity contribution in [3.8, 4) is 0 Å². The molecule has 9 heteroatoms. The molecule has 2 amide bonds. The van der Waals surface area contributed by atoms with Gasteiger partial charge in [-0.2, -0.15) is 0 Å². The molecule has 0 saturated carbocycles. The fourth-order valence-corrected chi connectivity index (χ4v) is 2.79. The Labute approximate surface area is 175 Å². The van der Waals surface area contributed by atoms with Crippen molar-refractivity contribution < 1.29 is 14.0 Å². The van der Waals surface area contributed by atoms with Gasteiger partial charge in [0.1, 0.15) is 0 Å². The molecule has 142 valence electrons. The molecule has 0 aliphatic carbocycles. The van der Waals surface area contributed by atoms with Crippen molar-refractivity contribution >= 4 is 63.7 Å². The number of rotatable bonds is 4. The number of hydrogen-bond donors (Lipinski definition) is 3. The number of carbonyl (C=O) groups excluding carboxylic acids is 2. The molecule has 0 saturated heterocycles. The maximum Gasteiger partial charge on any atom is 0.291 e. The van der Waals surface area contributed by atoms with E-state index in [2.05, 4.69) is 16.0 Å². The molecule has 3 N–H and O–H groups in total. The molecular formula is C19H13Cl2N3O3S. The molecule has 0 atom stereocenters. The smallest absolute Gasteiger partial charge is 0.291 e. The first-order chi connectivity index (χ1) is 13.4. The van der Waals surface area contributed by atoms with Crippen molar-refractivity contribution in [3.63, 3.8) is 0 Å². The van der Waals surface area contributed by atoms with Gasteiger partial charge < -0.3 is 15.1 Å². The van der Waals surface area contributed by atoms with Gasteiger partial charge in [0.05, 0.1) is 17.0 Å². The van der Waals surface area contributed by atoms with E-state index in [1.165, 1.54) is 6.26 Å². The van der Waals surface area contributed by atoms with Crippen LogP contribution in [-0.4, -0.2) is 16.9 Å². The van der Waals surface area contributed by atoms with Crippen LogP contribution in [0.4, 0.5) is 11.4 Å². The van der Waals surface area contributed by atoms with Crippen LogP contribution in [0.3, 0.4) is 0 Å². The Balaban J connectivity index is 1.60. The number of benzene rings is 2. The summed E-state index contributed by atoms with van der Waals surface area (Å²) >= 11 is 17.2. The summed E-state index contributed by atoms with van der Waals surface area (Å²) in [6.07, 6.45) is 1.41. The van der Waals surface area contributed by atoms with Crippen molar-refractivity contribution in [2.45, 2.75) is 0 Å². The fourth-order valence-electron chi connectivity index (χ4n) is 2.22. The number of amides is 2. The summed E-state index contributed by atoms with van der Waals surface area (Å²) < 4.78 is 5.03. The molecular weight excluding hydrogens is 421 g/mol. The molecule has 0 aliphatic heterocycles. The molecule has 3 aromatic rings. The van der Waals surface area contributed by atoms with E-state index in [1.54, 1.807) is 54.6 Å². The number of anilines is 2. The van der Waals surface area contributed by atoms with Gasteiger partial charge in [0.15, 0.2) is 10.9 Å². The van der Waals surface area contributed by atoms with Gasteiger partial charge in [-0.15, -0.1) is 0 Å². The Bertz CT molecular complexity index is 1020. The Morgan fingerprint density at radius 1 is 0.929 bits per heavy atom. The molecule has 3 rings (SSSR count). The first-order valence-corrected chi connectivity index (χ1v) is 9.11.